The standard InChI is InChI=1S/C13H8N4O7/c18-13(8-4-6-9(7-5-8)15(19)20)14-12-10(16(21)22)2-1-3-11(12)17(23)24/h1-7H,(H,14,18). The first-order valence-electron chi connectivity index (χ1n) is 6.29. The van der Waals surface area contributed by atoms with Gasteiger partial charge in [-0.3, -0.25) is 35.1 Å². The van der Waals surface area contributed by atoms with Gasteiger partial charge in [-0.2, -0.15) is 0 Å². The molecule has 0 saturated carbocycles. The van der Waals surface area contributed by atoms with Crippen molar-refractivity contribution in [1.29, 1.82) is 0 Å². The molecule has 0 aromatic heterocycles. The zero-order valence-corrected chi connectivity index (χ0v) is 11.7. The van der Waals surface area contributed by atoms with Gasteiger partial charge in [-0.15, -0.1) is 0 Å². The lowest BCUT2D eigenvalue weighted by atomic mass is 10.1. The summed E-state index contributed by atoms with van der Waals surface area (Å²) in [6, 6.07) is 7.56. The van der Waals surface area contributed by atoms with Crippen molar-refractivity contribution < 1.29 is 19.6 Å². The molecule has 0 saturated heterocycles. The zero-order chi connectivity index (χ0) is 17.9. The Labute approximate surface area is 133 Å². The minimum absolute atomic E-state index is 0.0481. The van der Waals surface area contributed by atoms with Gasteiger partial charge >= 0.3 is 0 Å². The van der Waals surface area contributed by atoms with Crippen molar-refractivity contribution in [3.05, 3.63) is 78.4 Å². The van der Waals surface area contributed by atoms with Crippen LogP contribution in [-0.4, -0.2) is 20.7 Å². The number of para-hydroxylation sites is 1. The maximum Gasteiger partial charge on any atom is 0.299 e. The maximum absolute atomic E-state index is 12.1. The second kappa shape index (κ2) is 6.48. The van der Waals surface area contributed by atoms with Crippen LogP contribution in [0.25, 0.3) is 0 Å². The van der Waals surface area contributed by atoms with Gasteiger partial charge in [0.05, 0.1) is 14.8 Å². The third kappa shape index (κ3) is 3.30. The second-order valence-corrected chi connectivity index (χ2v) is 4.44. The Kier molecular flexibility index (Phi) is 4.45. The van der Waals surface area contributed by atoms with Crippen molar-refractivity contribution in [1.82, 2.24) is 0 Å². The third-order valence-corrected chi connectivity index (χ3v) is 2.99. The number of nitrogens with zero attached hydrogens (tertiary/aromatic N) is 3. The van der Waals surface area contributed by atoms with E-state index in [-0.39, 0.29) is 11.3 Å². The molecule has 2 rings (SSSR count). The summed E-state index contributed by atoms with van der Waals surface area (Å²) in [6.07, 6.45) is 0. The van der Waals surface area contributed by atoms with E-state index in [1.54, 1.807) is 0 Å². The lowest BCUT2D eigenvalue weighted by Crippen LogP contribution is -2.14. The van der Waals surface area contributed by atoms with Crippen molar-refractivity contribution in [2.24, 2.45) is 0 Å². The van der Waals surface area contributed by atoms with Crippen LogP contribution in [0.3, 0.4) is 0 Å². The monoisotopic (exact) mass is 332 g/mol. The van der Waals surface area contributed by atoms with Gasteiger partial charge in [-0.25, -0.2) is 0 Å². The van der Waals surface area contributed by atoms with Gasteiger partial charge < -0.3 is 5.32 Å². The summed E-state index contributed by atoms with van der Waals surface area (Å²) in [5, 5.41) is 34.7. The molecule has 0 aliphatic rings. The fourth-order valence-corrected chi connectivity index (χ4v) is 1.88. The molecular weight excluding hydrogens is 324 g/mol. The Bertz CT molecular complexity index is 816. The van der Waals surface area contributed by atoms with E-state index in [1.807, 2.05) is 0 Å². The van der Waals surface area contributed by atoms with Crippen LogP contribution in [0.2, 0.25) is 0 Å². The fraction of sp³-hybridized carbons (Fsp3) is 0. The molecule has 2 aromatic carbocycles. The van der Waals surface area contributed by atoms with E-state index < -0.39 is 37.7 Å². The van der Waals surface area contributed by atoms with E-state index in [0.29, 0.717) is 0 Å². The van der Waals surface area contributed by atoms with Crippen molar-refractivity contribution >= 4 is 28.7 Å². The molecule has 0 bridgehead atoms. The molecule has 1 N–H and O–H groups in total. The molecule has 0 fully saturated rings. The molecule has 2 aromatic rings. The first-order chi connectivity index (χ1) is 11.3. The molecule has 0 unspecified atom stereocenters. The highest BCUT2D eigenvalue weighted by molar-refractivity contribution is 6.07. The fourth-order valence-electron chi connectivity index (χ4n) is 1.88. The quantitative estimate of drug-likeness (QED) is 0.650. The molecule has 11 heteroatoms. The Hall–Kier alpha value is -3.89. The van der Waals surface area contributed by atoms with Gasteiger partial charge in [0.15, 0.2) is 5.69 Å². The molecule has 122 valence electrons. The summed E-state index contributed by atoms with van der Waals surface area (Å²) in [5.41, 5.74) is -2.13. The molecule has 24 heavy (non-hydrogen) atoms. The number of nitro groups is 3. The van der Waals surface area contributed by atoms with E-state index in [2.05, 4.69) is 5.32 Å². The van der Waals surface area contributed by atoms with Gasteiger partial charge in [0.25, 0.3) is 23.0 Å². The largest absolute Gasteiger partial charge is 0.311 e. The summed E-state index contributed by atoms with van der Waals surface area (Å²) in [4.78, 5) is 42.3. The number of benzene rings is 2. The third-order valence-electron chi connectivity index (χ3n) is 2.99. The van der Waals surface area contributed by atoms with Gasteiger partial charge in [0.1, 0.15) is 0 Å². The number of hydrogen-bond acceptors (Lipinski definition) is 7. The first-order valence-corrected chi connectivity index (χ1v) is 6.29. The van der Waals surface area contributed by atoms with Gasteiger partial charge in [0.2, 0.25) is 0 Å². The number of anilines is 1. The van der Waals surface area contributed by atoms with Gasteiger partial charge in [-0.1, -0.05) is 0 Å². The van der Waals surface area contributed by atoms with Gasteiger partial charge in [-0.05, 0) is 18.2 Å². The number of carbonyl (C=O) groups is 1. The van der Waals surface area contributed by atoms with Crippen LogP contribution in [0.15, 0.2) is 42.5 Å². The lowest BCUT2D eigenvalue weighted by Gasteiger charge is -2.06. The highest BCUT2D eigenvalue weighted by atomic mass is 16.6. The molecule has 0 atom stereocenters. The first kappa shape index (κ1) is 16.5. The van der Waals surface area contributed by atoms with Crippen molar-refractivity contribution in [3.63, 3.8) is 0 Å². The van der Waals surface area contributed by atoms with Crippen LogP contribution >= 0.6 is 0 Å². The molecule has 0 aliphatic heterocycles. The summed E-state index contributed by atoms with van der Waals surface area (Å²) in [6.45, 7) is 0. The van der Waals surface area contributed by atoms with Crippen LogP contribution in [-0.2, 0) is 0 Å². The van der Waals surface area contributed by atoms with Crippen LogP contribution in [0.5, 0.6) is 0 Å². The molecule has 11 nitrogen and oxygen atoms in total. The Balaban J connectivity index is 2.39. The number of nitrogens with one attached hydrogen (secondary N) is 1. The summed E-state index contributed by atoms with van der Waals surface area (Å²) in [7, 11) is 0. The minimum Gasteiger partial charge on any atom is -0.311 e. The zero-order valence-electron chi connectivity index (χ0n) is 11.7. The molecule has 0 radical (unpaired) electrons. The van der Waals surface area contributed by atoms with Crippen LogP contribution in [0.1, 0.15) is 10.4 Å². The highest BCUT2D eigenvalue weighted by Gasteiger charge is 2.26. The number of amides is 1. The average Bonchev–Trinajstić information content (AvgIpc) is 2.54. The lowest BCUT2D eigenvalue weighted by molar-refractivity contribution is -0.392. The number of non-ortho nitro benzene ring substituents is 1. The predicted octanol–water partition coefficient (Wildman–Crippen LogP) is 2.66. The van der Waals surface area contributed by atoms with Crippen molar-refractivity contribution in [2.45, 2.75) is 0 Å². The molecular formula is C13H8N4O7. The van der Waals surface area contributed by atoms with Crippen LogP contribution < -0.4 is 5.32 Å². The van der Waals surface area contributed by atoms with Crippen LogP contribution in [0.4, 0.5) is 22.7 Å². The van der Waals surface area contributed by atoms with E-state index >= 15 is 0 Å². The second-order valence-electron chi connectivity index (χ2n) is 4.44. The normalized spacial score (nSPS) is 10.0. The molecule has 0 spiro atoms. The summed E-state index contributed by atoms with van der Waals surface area (Å²) >= 11 is 0. The highest BCUT2D eigenvalue weighted by Crippen LogP contribution is 2.34. The number of carbonyl (C=O) groups excluding carboxylic acids is 1. The Morgan fingerprint density at radius 1 is 0.792 bits per heavy atom. The van der Waals surface area contributed by atoms with Crippen molar-refractivity contribution in [2.75, 3.05) is 5.32 Å². The van der Waals surface area contributed by atoms with Crippen molar-refractivity contribution in [3.8, 4) is 0 Å². The number of hydrogen-bond donors (Lipinski definition) is 1. The Morgan fingerprint density at radius 3 is 1.71 bits per heavy atom. The smallest absolute Gasteiger partial charge is 0.299 e. The van der Waals surface area contributed by atoms with E-state index in [0.717, 1.165) is 42.5 Å². The topological polar surface area (TPSA) is 159 Å². The summed E-state index contributed by atoms with van der Waals surface area (Å²) < 4.78 is 0. The summed E-state index contributed by atoms with van der Waals surface area (Å²) in [5.74, 6) is -0.873. The van der Waals surface area contributed by atoms with Gasteiger partial charge in [0, 0.05) is 29.8 Å². The van der Waals surface area contributed by atoms with E-state index in [1.165, 1.54) is 0 Å². The SMILES string of the molecule is O=C(Nc1c([N+](=O)[O-])cccc1[N+](=O)[O-])c1ccc([N+](=O)[O-])cc1. The number of nitro benzene ring substituents is 3. The minimum atomic E-state index is -0.873. The van der Waals surface area contributed by atoms with Crippen LogP contribution in [0, 0.1) is 30.3 Å². The number of rotatable bonds is 5. The van der Waals surface area contributed by atoms with E-state index in [9.17, 15) is 35.1 Å². The molecule has 0 aliphatic carbocycles. The molecule has 0 heterocycles. The maximum atomic E-state index is 12.1. The Morgan fingerprint density at radius 2 is 1.29 bits per heavy atom. The molecule has 1 amide bonds. The average molecular weight is 332 g/mol. The van der Waals surface area contributed by atoms with E-state index in [4.69, 9.17) is 0 Å². The predicted molar refractivity (Wildman–Crippen MR) is 80.8 cm³/mol.